The lowest BCUT2D eigenvalue weighted by molar-refractivity contribution is -0.125. The number of hydrogen-bond donors (Lipinski definition) is 2. The summed E-state index contributed by atoms with van der Waals surface area (Å²) in [6.07, 6.45) is 1.66. The molecule has 0 spiro atoms. The molecule has 0 atom stereocenters. The Balaban J connectivity index is 2.37. The van der Waals surface area contributed by atoms with Crippen LogP contribution < -0.4 is 11.1 Å². The molecule has 1 heterocycles. The van der Waals surface area contributed by atoms with Crippen molar-refractivity contribution in [3.8, 4) is 0 Å². The minimum absolute atomic E-state index is 0.0421. The molecule has 0 aliphatic carbocycles. The molecule has 0 aliphatic rings. The number of nitrogens with one attached hydrogen (secondary N) is 1. The third-order valence-corrected chi connectivity index (χ3v) is 3.15. The second-order valence-corrected chi connectivity index (χ2v) is 4.82. The summed E-state index contributed by atoms with van der Waals surface area (Å²) in [6.45, 7) is 4.69. The zero-order valence-electron chi connectivity index (χ0n) is 10.7. The van der Waals surface area contributed by atoms with Crippen molar-refractivity contribution < 1.29 is 9.21 Å². The highest BCUT2D eigenvalue weighted by Gasteiger charge is 2.32. The number of rotatable bonds is 4. The zero-order valence-corrected chi connectivity index (χ0v) is 10.7. The van der Waals surface area contributed by atoms with Gasteiger partial charge < -0.3 is 15.5 Å². The average Bonchev–Trinajstić information content (AvgIpc) is 2.80. The molecule has 18 heavy (non-hydrogen) atoms. The van der Waals surface area contributed by atoms with Gasteiger partial charge in [-0.1, -0.05) is 18.2 Å². The van der Waals surface area contributed by atoms with Crippen LogP contribution in [0.2, 0.25) is 0 Å². The first kappa shape index (κ1) is 12.6. The van der Waals surface area contributed by atoms with E-state index in [0.29, 0.717) is 13.1 Å². The lowest BCUT2D eigenvalue weighted by atomic mass is 9.83. The first-order valence-electron chi connectivity index (χ1n) is 6.02. The van der Waals surface area contributed by atoms with Crippen molar-refractivity contribution in [2.75, 3.05) is 13.1 Å². The Labute approximate surface area is 106 Å². The highest BCUT2D eigenvalue weighted by Crippen LogP contribution is 2.32. The molecule has 1 aromatic carbocycles. The van der Waals surface area contributed by atoms with Crippen LogP contribution in [0.4, 0.5) is 0 Å². The van der Waals surface area contributed by atoms with Gasteiger partial charge in [0.1, 0.15) is 5.58 Å². The number of para-hydroxylation sites is 1. The maximum Gasteiger partial charge on any atom is 0.230 e. The van der Waals surface area contributed by atoms with Gasteiger partial charge in [0.25, 0.3) is 0 Å². The first-order chi connectivity index (χ1) is 8.57. The average molecular weight is 246 g/mol. The van der Waals surface area contributed by atoms with Crippen LogP contribution in [-0.2, 0) is 10.2 Å². The SMILES string of the molecule is CC(C)(C(=O)NCCN)c1coc2ccccc12. The van der Waals surface area contributed by atoms with Crippen molar-refractivity contribution in [3.05, 3.63) is 36.1 Å². The van der Waals surface area contributed by atoms with Crippen molar-refractivity contribution >= 4 is 16.9 Å². The van der Waals surface area contributed by atoms with E-state index in [1.54, 1.807) is 6.26 Å². The van der Waals surface area contributed by atoms with Crippen molar-refractivity contribution in [2.24, 2.45) is 5.73 Å². The Bertz CT molecular complexity index is 558. The van der Waals surface area contributed by atoms with Gasteiger partial charge in [0.2, 0.25) is 5.91 Å². The lowest BCUT2D eigenvalue weighted by Gasteiger charge is -2.22. The van der Waals surface area contributed by atoms with Gasteiger partial charge in [0, 0.05) is 24.0 Å². The molecular weight excluding hydrogens is 228 g/mol. The van der Waals surface area contributed by atoms with Crippen LogP contribution in [0.15, 0.2) is 34.9 Å². The normalized spacial score (nSPS) is 11.7. The molecule has 0 aliphatic heterocycles. The summed E-state index contributed by atoms with van der Waals surface area (Å²) in [5.41, 5.74) is 6.45. The van der Waals surface area contributed by atoms with E-state index in [0.717, 1.165) is 16.5 Å². The predicted molar refractivity (Wildman–Crippen MR) is 71.3 cm³/mol. The molecule has 1 aromatic heterocycles. The number of amides is 1. The first-order valence-corrected chi connectivity index (χ1v) is 6.02. The van der Waals surface area contributed by atoms with Gasteiger partial charge in [-0.15, -0.1) is 0 Å². The van der Waals surface area contributed by atoms with Gasteiger partial charge in [0.05, 0.1) is 11.7 Å². The number of nitrogens with two attached hydrogens (primary N) is 1. The molecule has 2 aromatic rings. The number of furan rings is 1. The summed E-state index contributed by atoms with van der Waals surface area (Å²) in [4.78, 5) is 12.2. The monoisotopic (exact) mass is 246 g/mol. The third kappa shape index (κ3) is 2.11. The Morgan fingerprint density at radius 3 is 2.83 bits per heavy atom. The molecule has 0 bridgehead atoms. The molecule has 4 nitrogen and oxygen atoms in total. The van der Waals surface area contributed by atoms with E-state index in [1.165, 1.54) is 0 Å². The van der Waals surface area contributed by atoms with Crippen LogP contribution in [0, 0.1) is 0 Å². The summed E-state index contributed by atoms with van der Waals surface area (Å²) in [5, 5.41) is 3.80. The number of benzene rings is 1. The molecule has 1 amide bonds. The van der Waals surface area contributed by atoms with E-state index < -0.39 is 5.41 Å². The zero-order chi connectivity index (χ0) is 13.2. The van der Waals surface area contributed by atoms with Gasteiger partial charge in [-0.3, -0.25) is 4.79 Å². The van der Waals surface area contributed by atoms with Crippen LogP contribution in [0.1, 0.15) is 19.4 Å². The Morgan fingerprint density at radius 1 is 1.39 bits per heavy atom. The number of hydrogen-bond acceptors (Lipinski definition) is 3. The molecule has 0 fully saturated rings. The summed E-state index contributed by atoms with van der Waals surface area (Å²) >= 11 is 0. The van der Waals surface area contributed by atoms with Gasteiger partial charge in [0.15, 0.2) is 0 Å². The molecule has 4 heteroatoms. The van der Waals surface area contributed by atoms with Gasteiger partial charge in [-0.25, -0.2) is 0 Å². The van der Waals surface area contributed by atoms with Crippen LogP contribution in [-0.4, -0.2) is 19.0 Å². The molecular formula is C14H18N2O2. The van der Waals surface area contributed by atoms with E-state index >= 15 is 0 Å². The largest absolute Gasteiger partial charge is 0.464 e. The Hall–Kier alpha value is -1.81. The second-order valence-electron chi connectivity index (χ2n) is 4.82. The van der Waals surface area contributed by atoms with E-state index in [2.05, 4.69) is 5.32 Å². The van der Waals surface area contributed by atoms with Crippen molar-refractivity contribution in [1.29, 1.82) is 0 Å². The van der Waals surface area contributed by atoms with Crippen LogP contribution in [0.3, 0.4) is 0 Å². The van der Waals surface area contributed by atoms with Gasteiger partial charge >= 0.3 is 0 Å². The molecule has 0 saturated carbocycles. The fourth-order valence-corrected chi connectivity index (χ4v) is 1.99. The smallest absolute Gasteiger partial charge is 0.230 e. The van der Waals surface area contributed by atoms with Crippen molar-refractivity contribution in [2.45, 2.75) is 19.3 Å². The summed E-state index contributed by atoms with van der Waals surface area (Å²) in [7, 11) is 0. The topological polar surface area (TPSA) is 68.3 Å². The quantitative estimate of drug-likeness (QED) is 0.864. The van der Waals surface area contributed by atoms with E-state index in [1.807, 2.05) is 38.1 Å². The minimum Gasteiger partial charge on any atom is -0.464 e. The summed E-state index contributed by atoms with van der Waals surface area (Å²) in [5.74, 6) is -0.0421. The molecule has 3 N–H and O–H groups in total. The number of carbonyl (C=O) groups excluding carboxylic acids is 1. The van der Waals surface area contributed by atoms with Crippen LogP contribution in [0.5, 0.6) is 0 Å². The number of carbonyl (C=O) groups is 1. The summed E-state index contributed by atoms with van der Waals surface area (Å²) in [6, 6.07) is 7.71. The van der Waals surface area contributed by atoms with Crippen LogP contribution in [0.25, 0.3) is 11.0 Å². The number of fused-ring (bicyclic) bond motifs is 1. The van der Waals surface area contributed by atoms with Crippen molar-refractivity contribution in [1.82, 2.24) is 5.32 Å². The standard InChI is InChI=1S/C14H18N2O2/c1-14(2,13(17)16-8-7-15)11-9-18-12-6-4-3-5-10(11)12/h3-6,9H,7-8,15H2,1-2H3,(H,16,17). The molecule has 96 valence electrons. The summed E-state index contributed by atoms with van der Waals surface area (Å²) < 4.78 is 5.49. The third-order valence-electron chi connectivity index (χ3n) is 3.15. The molecule has 0 unspecified atom stereocenters. The van der Waals surface area contributed by atoms with E-state index in [9.17, 15) is 4.79 Å². The highest BCUT2D eigenvalue weighted by molar-refractivity contribution is 5.93. The highest BCUT2D eigenvalue weighted by atomic mass is 16.3. The van der Waals surface area contributed by atoms with Crippen LogP contribution >= 0.6 is 0 Å². The van der Waals surface area contributed by atoms with Gasteiger partial charge in [-0.2, -0.15) is 0 Å². The fraction of sp³-hybridized carbons (Fsp3) is 0.357. The minimum atomic E-state index is -0.637. The fourth-order valence-electron chi connectivity index (χ4n) is 1.99. The maximum atomic E-state index is 12.2. The predicted octanol–water partition coefficient (Wildman–Crippen LogP) is 1.79. The lowest BCUT2D eigenvalue weighted by Crippen LogP contribution is -2.41. The maximum absolute atomic E-state index is 12.2. The molecule has 2 rings (SSSR count). The second kappa shape index (κ2) is 4.82. The van der Waals surface area contributed by atoms with E-state index in [-0.39, 0.29) is 5.91 Å². The Morgan fingerprint density at radius 2 is 2.11 bits per heavy atom. The van der Waals surface area contributed by atoms with Gasteiger partial charge in [-0.05, 0) is 19.9 Å². The Kier molecular flexibility index (Phi) is 3.39. The van der Waals surface area contributed by atoms with E-state index in [4.69, 9.17) is 10.2 Å². The molecule has 0 saturated heterocycles. The van der Waals surface area contributed by atoms with Crippen molar-refractivity contribution in [3.63, 3.8) is 0 Å². The molecule has 0 radical (unpaired) electrons.